The van der Waals surface area contributed by atoms with Gasteiger partial charge < -0.3 is 15.8 Å². The van der Waals surface area contributed by atoms with Crippen LogP contribution in [0.15, 0.2) is 24.3 Å². The number of nitrogen functional groups attached to an aromatic ring is 1. The van der Waals surface area contributed by atoms with E-state index in [9.17, 15) is 4.79 Å². The first-order valence-electron chi connectivity index (χ1n) is 6.66. The Bertz CT molecular complexity index is 436. The molecule has 104 valence electrons. The highest BCUT2D eigenvalue weighted by atomic mass is 16.5. The Labute approximate surface area is 113 Å². The molecule has 1 heterocycles. The summed E-state index contributed by atoms with van der Waals surface area (Å²) in [6.07, 6.45) is 0.992. The third kappa shape index (κ3) is 3.94. The normalized spacial score (nSPS) is 20.2. The summed E-state index contributed by atoms with van der Waals surface area (Å²) in [7, 11) is 0. The Kier molecular flexibility index (Phi) is 4.76. The zero-order valence-electron chi connectivity index (χ0n) is 11.3. The summed E-state index contributed by atoms with van der Waals surface area (Å²) in [5.41, 5.74) is 7.07. The van der Waals surface area contributed by atoms with Crippen molar-refractivity contribution in [3.05, 3.63) is 24.3 Å². The number of nitrogens with zero attached hydrogens (tertiary/aromatic N) is 1. The van der Waals surface area contributed by atoms with Crippen molar-refractivity contribution < 1.29 is 9.53 Å². The lowest BCUT2D eigenvalue weighted by atomic mass is 10.2. The van der Waals surface area contributed by atoms with E-state index in [1.807, 2.05) is 12.1 Å². The average Bonchev–Trinajstić information content (AvgIpc) is 2.39. The Morgan fingerprint density at radius 1 is 1.58 bits per heavy atom. The number of morpholine rings is 1. The van der Waals surface area contributed by atoms with E-state index in [1.54, 1.807) is 12.1 Å². The van der Waals surface area contributed by atoms with Gasteiger partial charge in [0.15, 0.2) is 0 Å². The molecule has 3 N–H and O–H groups in total. The molecule has 0 aliphatic carbocycles. The van der Waals surface area contributed by atoms with E-state index in [0.29, 0.717) is 31.5 Å². The predicted molar refractivity (Wildman–Crippen MR) is 76.0 cm³/mol. The lowest BCUT2D eigenvalue weighted by Crippen LogP contribution is -2.48. The maximum Gasteiger partial charge on any atom is 0.238 e. The van der Waals surface area contributed by atoms with Gasteiger partial charge in [0.05, 0.1) is 19.8 Å². The Hall–Kier alpha value is -1.59. The zero-order chi connectivity index (χ0) is 13.7. The van der Waals surface area contributed by atoms with Gasteiger partial charge in [-0.1, -0.05) is 13.0 Å². The summed E-state index contributed by atoms with van der Waals surface area (Å²) in [4.78, 5) is 14.2. The molecule has 0 spiro atoms. The van der Waals surface area contributed by atoms with Crippen molar-refractivity contribution in [3.63, 3.8) is 0 Å². The second-order valence-electron chi connectivity index (χ2n) is 4.78. The molecule has 1 aromatic carbocycles. The first-order valence-corrected chi connectivity index (χ1v) is 6.66. The van der Waals surface area contributed by atoms with Gasteiger partial charge in [-0.3, -0.25) is 9.69 Å². The highest BCUT2D eigenvalue weighted by Gasteiger charge is 2.23. The van der Waals surface area contributed by atoms with E-state index in [-0.39, 0.29) is 5.91 Å². The fourth-order valence-electron chi connectivity index (χ4n) is 2.27. The summed E-state index contributed by atoms with van der Waals surface area (Å²) in [6, 6.07) is 7.55. The Morgan fingerprint density at radius 2 is 2.42 bits per heavy atom. The van der Waals surface area contributed by atoms with E-state index in [0.717, 1.165) is 18.7 Å². The van der Waals surface area contributed by atoms with Gasteiger partial charge in [0.25, 0.3) is 0 Å². The van der Waals surface area contributed by atoms with Crippen molar-refractivity contribution in [1.82, 2.24) is 4.90 Å². The minimum absolute atomic E-state index is 0.00838. The maximum atomic E-state index is 12.0. The van der Waals surface area contributed by atoms with Crippen LogP contribution in [0.25, 0.3) is 0 Å². The number of ether oxygens (including phenoxy) is 1. The molecule has 1 aliphatic rings. The molecular weight excluding hydrogens is 242 g/mol. The number of hydrogen-bond donors (Lipinski definition) is 2. The lowest BCUT2D eigenvalue weighted by Gasteiger charge is -2.34. The number of hydrogen-bond acceptors (Lipinski definition) is 4. The number of amides is 1. The average molecular weight is 263 g/mol. The smallest absolute Gasteiger partial charge is 0.238 e. The summed E-state index contributed by atoms with van der Waals surface area (Å²) >= 11 is 0. The summed E-state index contributed by atoms with van der Waals surface area (Å²) in [5, 5.41) is 2.87. The number of benzene rings is 1. The first-order chi connectivity index (χ1) is 9.19. The zero-order valence-corrected chi connectivity index (χ0v) is 11.3. The highest BCUT2D eigenvalue weighted by Crippen LogP contribution is 2.13. The molecule has 0 saturated carbocycles. The lowest BCUT2D eigenvalue weighted by molar-refractivity contribution is -0.119. The van der Waals surface area contributed by atoms with E-state index in [4.69, 9.17) is 10.5 Å². The van der Waals surface area contributed by atoms with E-state index in [1.165, 1.54) is 0 Å². The standard InChI is InChI=1S/C14H21N3O2/c1-2-13-10-19-7-6-17(13)9-14(18)16-12-5-3-4-11(15)8-12/h3-5,8,13H,2,6-7,9-10,15H2,1H3,(H,16,18). The van der Waals surface area contributed by atoms with Crippen molar-refractivity contribution in [2.75, 3.05) is 37.4 Å². The van der Waals surface area contributed by atoms with Crippen LogP contribution in [0, 0.1) is 0 Å². The van der Waals surface area contributed by atoms with Crippen LogP contribution in [0.1, 0.15) is 13.3 Å². The van der Waals surface area contributed by atoms with E-state index < -0.39 is 0 Å². The van der Waals surface area contributed by atoms with Crippen molar-refractivity contribution in [1.29, 1.82) is 0 Å². The van der Waals surface area contributed by atoms with Crippen molar-refractivity contribution in [3.8, 4) is 0 Å². The van der Waals surface area contributed by atoms with E-state index in [2.05, 4.69) is 17.1 Å². The van der Waals surface area contributed by atoms with Gasteiger partial charge in [-0.2, -0.15) is 0 Å². The molecule has 5 nitrogen and oxygen atoms in total. The summed E-state index contributed by atoms with van der Waals surface area (Å²) < 4.78 is 5.43. The summed E-state index contributed by atoms with van der Waals surface area (Å²) in [6.45, 7) is 4.73. The van der Waals surface area contributed by atoms with Crippen molar-refractivity contribution >= 4 is 17.3 Å². The van der Waals surface area contributed by atoms with E-state index >= 15 is 0 Å². The Morgan fingerprint density at radius 3 is 3.16 bits per heavy atom. The molecule has 1 unspecified atom stereocenters. The molecule has 2 rings (SSSR count). The molecule has 19 heavy (non-hydrogen) atoms. The number of carbonyl (C=O) groups excluding carboxylic acids is 1. The molecule has 1 fully saturated rings. The van der Waals surface area contributed by atoms with Crippen LogP contribution in [0.3, 0.4) is 0 Å². The molecule has 0 aromatic heterocycles. The van der Waals surface area contributed by atoms with Crippen LogP contribution >= 0.6 is 0 Å². The van der Waals surface area contributed by atoms with Crippen molar-refractivity contribution in [2.45, 2.75) is 19.4 Å². The fourth-order valence-corrected chi connectivity index (χ4v) is 2.27. The van der Waals surface area contributed by atoms with Crippen LogP contribution in [0.2, 0.25) is 0 Å². The predicted octanol–water partition coefficient (Wildman–Crippen LogP) is 1.32. The first kappa shape index (κ1) is 13.8. The molecule has 1 saturated heterocycles. The highest BCUT2D eigenvalue weighted by molar-refractivity contribution is 5.92. The van der Waals surface area contributed by atoms with Crippen LogP contribution in [-0.4, -0.2) is 43.2 Å². The fraction of sp³-hybridized carbons (Fsp3) is 0.500. The second-order valence-corrected chi connectivity index (χ2v) is 4.78. The number of nitrogens with one attached hydrogen (secondary N) is 1. The van der Waals surface area contributed by atoms with Gasteiger partial charge in [-0.25, -0.2) is 0 Å². The van der Waals surface area contributed by atoms with Crippen molar-refractivity contribution in [2.24, 2.45) is 0 Å². The van der Waals surface area contributed by atoms with Crippen LogP contribution in [0.5, 0.6) is 0 Å². The SMILES string of the molecule is CCC1COCCN1CC(=O)Nc1cccc(N)c1. The third-order valence-corrected chi connectivity index (χ3v) is 3.34. The molecule has 0 radical (unpaired) electrons. The number of nitrogens with two attached hydrogens (primary N) is 1. The number of rotatable bonds is 4. The molecular formula is C14H21N3O2. The van der Waals surface area contributed by atoms with Gasteiger partial charge in [0, 0.05) is 24.0 Å². The number of anilines is 2. The largest absolute Gasteiger partial charge is 0.399 e. The molecule has 0 bridgehead atoms. The van der Waals surface area contributed by atoms with Gasteiger partial charge in [0.1, 0.15) is 0 Å². The maximum absolute atomic E-state index is 12.0. The molecule has 1 aliphatic heterocycles. The van der Waals surface area contributed by atoms with Gasteiger partial charge in [0.2, 0.25) is 5.91 Å². The van der Waals surface area contributed by atoms with Gasteiger partial charge in [-0.05, 0) is 24.6 Å². The minimum Gasteiger partial charge on any atom is -0.399 e. The third-order valence-electron chi connectivity index (χ3n) is 3.34. The Balaban J connectivity index is 1.90. The van der Waals surface area contributed by atoms with Gasteiger partial charge in [-0.15, -0.1) is 0 Å². The number of carbonyl (C=O) groups is 1. The minimum atomic E-state index is -0.00838. The molecule has 5 heteroatoms. The molecule has 1 atom stereocenters. The molecule has 1 amide bonds. The van der Waals surface area contributed by atoms with Gasteiger partial charge >= 0.3 is 0 Å². The summed E-state index contributed by atoms with van der Waals surface area (Å²) in [5.74, 6) is -0.00838. The van der Waals surface area contributed by atoms with Crippen LogP contribution in [0.4, 0.5) is 11.4 Å². The monoisotopic (exact) mass is 263 g/mol. The topological polar surface area (TPSA) is 67.6 Å². The van der Waals surface area contributed by atoms with Crippen LogP contribution < -0.4 is 11.1 Å². The van der Waals surface area contributed by atoms with Crippen LogP contribution in [-0.2, 0) is 9.53 Å². The second kappa shape index (κ2) is 6.54. The quantitative estimate of drug-likeness (QED) is 0.804. The molecule has 1 aromatic rings.